The van der Waals surface area contributed by atoms with Crippen molar-refractivity contribution in [2.75, 3.05) is 6.54 Å². The van der Waals surface area contributed by atoms with Crippen molar-refractivity contribution in [3.63, 3.8) is 0 Å². The van der Waals surface area contributed by atoms with E-state index in [1.54, 1.807) is 24.3 Å². The Balaban J connectivity index is 1.76. The van der Waals surface area contributed by atoms with Gasteiger partial charge in [0.15, 0.2) is 5.60 Å². The summed E-state index contributed by atoms with van der Waals surface area (Å²) in [4.78, 5) is 0.207. The van der Waals surface area contributed by atoms with E-state index >= 15 is 0 Å². The van der Waals surface area contributed by atoms with Gasteiger partial charge in [0.05, 0.1) is 11.4 Å². The zero-order valence-electron chi connectivity index (χ0n) is 20.4. The van der Waals surface area contributed by atoms with Crippen molar-refractivity contribution < 1.29 is 13.5 Å². The van der Waals surface area contributed by atoms with Crippen LogP contribution in [0.1, 0.15) is 35.2 Å². The number of rotatable bonds is 7. The van der Waals surface area contributed by atoms with Crippen molar-refractivity contribution in [1.82, 2.24) is 4.31 Å². The van der Waals surface area contributed by atoms with Crippen molar-refractivity contribution in [2.45, 2.75) is 30.4 Å². The average Bonchev–Trinajstić information content (AvgIpc) is 2.92. The van der Waals surface area contributed by atoms with Crippen molar-refractivity contribution in [3.8, 4) is 11.8 Å². The molecule has 0 aliphatic heterocycles. The third kappa shape index (κ3) is 5.42. The third-order valence-corrected chi connectivity index (χ3v) is 8.16. The molecule has 0 amide bonds. The van der Waals surface area contributed by atoms with Gasteiger partial charge in [0.1, 0.15) is 0 Å². The van der Waals surface area contributed by atoms with Crippen LogP contribution in [0.3, 0.4) is 0 Å². The molecule has 182 valence electrons. The van der Waals surface area contributed by atoms with Gasteiger partial charge in [-0.2, -0.15) is 4.31 Å². The summed E-state index contributed by atoms with van der Waals surface area (Å²) in [5.74, 6) is 6.01. The van der Waals surface area contributed by atoms with Crippen molar-refractivity contribution in [3.05, 3.63) is 138 Å². The Morgan fingerprint density at radius 3 is 1.75 bits per heavy atom. The summed E-state index contributed by atoms with van der Waals surface area (Å²) in [7, 11) is -3.86. The van der Waals surface area contributed by atoms with Crippen LogP contribution in [-0.4, -0.2) is 24.4 Å². The molecule has 1 atom stereocenters. The second-order valence-corrected chi connectivity index (χ2v) is 10.6. The van der Waals surface area contributed by atoms with Gasteiger partial charge >= 0.3 is 0 Å². The predicted octanol–water partition coefficient (Wildman–Crippen LogP) is 5.69. The van der Waals surface area contributed by atoms with Crippen LogP contribution in [0.2, 0.25) is 0 Å². The molecule has 36 heavy (non-hydrogen) atoms. The minimum Gasteiger partial charge on any atom is -0.369 e. The first-order valence-electron chi connectivity index (χ1n) is 11.8. The normalized spacial score (nSPS) is 12.6. The van der Waals surface area contributed by atoms with Crippen LogP contribution in [0.25, 0.3) is 0 Å². The molecule has 0 heterocycles. The molecule has 0 aliphatic carbocycles. The Labute approximate surface area is 213 Å². The summed E-state index contributed by atoms with van der Waals surface area (Å²) in [6.45, 7) is 3.68. The highest BCUT2D eigenvalue weighted by Gasteiger charge is 2.31. The van der Waals surface area contributed by atoms with Crippen LogP contribution >= 0.6 is 0 Å². The SMILES string of the molecule is Cc1ccc(S(=O)(=O)N(CC#CC(O)(c2ccccc2)c2ccccc2)C(C)c2ccccc2)cc1. The fraction of sp³-hybridized carbons (Fsp3) is 0.161. The van der Waals surface area contributed by atoms with Crippen LogP contribution in [-0.2, 0) is 15.6 Å². The maximum atomic E-state index is 13.7. The number of nitrogens with zero attached hydrogens (tertiary/aromatic N) is 1. The molecule has 0 saturated carbocycles. The molecule has 4 aromatic rings. The van der Waals surface area contributed by atoms with Gasteiger partial charge in [-0.3, -0.25) is 0 Å². The molecule has 1 N–H and O–H groups in total. The molecule has 4 rings (SSSR count). The van der Waals surface area contributed by atoms with Gasteiger partial charge in [-0.25, -0.2) is 8.42 Å². The number of aryl methyl sites for hydroxylation is 1. The van der Waals surface area contributed by atoms with Crippen molar-refractivity contribution in [1.29, 1.82) is 0 Å². The zero-order chi connectivity index (χ0) is 25.6. The van der Waals surface area contributed by atoms with Crippen LogP contribution < -0.4 is 0 Å². The Morgan fingerprint density at radius 2 is 1.25 bits per heavy atom. The average molecular weight is 496 g/mol. The lowest BCUT2D eigenvalue weighted by molar-refractivity contribution is 0.145. The lowest BCUT2D eigenvalue weighted by atomic mass is 9.87. The number of aliphatic hydroxyl groups is 1. The topological polar surface area (TPSA) is 57.6 Å². The molecule has 0 aliphatic rings. The van der Waals surface area contributed by atoms with Gasteiger partial charge in [0.2, 0.25) is 10.0 Å². The van der Waals surface area contributed by atoms with Gasteiger partial charge in [0, 0.05) is 17.2 Å². The second-order valence-electron chi connectivity index (χ2n) is 8.69. The van der Waals surface area contributed by atoms with Crippen LogP contribution in [0.4, 0.5) is 0 Å². The number of benzene rings is 4. The van der Waals surface area contributed by atoms with E-state index in [9.17, 15) is 13.5 Å². The number of sulfonamides is 1. The molecule has 5 heteroatoms. The van der Waals surface area contributed by atoms with E-state index < -0.39 is 21.7 Å². The molecule has 0 radical (unpaired) electrons. The fourth-order valence-corrected chi connectivity index (χ4v) is 5.61. The molecule has 4 nitrogen and oxygen atoms in total. The minimum atomic E-state index is -3.86. The maximum absolute atomic E-state index is 13.7. The first kappa shape index (κ1) is 25.4. The van der Waals surface area contributed by atoms with E-state index in [0.29, 0.717) is 11.1 Å². The van der Waals surface area contributed by atoms with Crippen LogP contribution in [0.15, 0.2) is 120 Å². The molecule has 0 bridgehead atoms. The minimum absolute atomic E-state index is 0.0890. The highest BCUT2D eigenvalue weighted by Crippen LogP contribution is 2.30. The molecule has 0 aromatic heterocycles. The first-order chi connectivity index (χ1) is 17.3. The lowest BCUT2D eigenvalue weighted by Crippen LogP contribution is -2.34. The van der Waals surface area contributed by atoms with Gasteiger partial charge in [-0.15, -0.1) is 0 Å². The first-order valence-corrected chi connectivity index (χ1v) is 13.2. The van der Waals surface area contributed by atoms with E-state index in [2.05, 4.69) is 11.8 Å². The van der Waals surface area contributed by atoms with E-state index in [4.69, 9.17) is 0 Å². The third-order valence-electron chi connectivity index (χ3n) is 6.23. The summed E-state index contributed by atoms with van der Waals surface area (Å²) < 4.78 is 28.9. The monoisotopic (exact) mass is 495 g/mol. The summed E-state index contributed by atoms with van der Waals surface area (Å²) >= 11 is 0. The maximum Gasteiger partial charge on any atom is 0.244 e. The Morgan fingerprint density at radius 1 is 0.778 bits per heavy atom. The van der Waals surface area contributed by atoms with Gasteiger partial charge in [0.25, 0.3) is 0 Å². The summed E-state index contributed by atoms with van der Waals surface area (Å²) in [6, 6.07) is 34.2. The predicted molar refractivity (Wildman–Crippen MR) is 144 cm³/mol. The van der Waals surface area contributed by atoms with E-state index in [0.717, 1.165) is 11.1 Å². The molecule has 1 unspecified atom stereocenters. The van der Waals surface area contributed by atoms with E-state index in [1.807, 2.05) is 105 Å². The lowest BCUT2D eigenvalue weighted by Gasteiger charge is -2.28. The Hall–Kier alpha value is -3.69. The quantitative estimate of drug-likeness (QED) is 0.335. The fourth-order valence-electron chi connectivity index (χ4n) is 4.09. The van der Waals surface area contributed by atoms with Crippen LogP contribution in [0.5, 0.6) is 0 Å². The van der Waals surface area contributed by atoms with Crippen molar-refractivity contribution in [2.24, 2.45) is 0 Å². The highest BCUT2D eigenvalue weighted by molar-refractivity contribution is 7.89. The molecule has 0 fully saturated rings. The van der Waals surface area contributed by atoms with E-state index in [-0.39, 0.29) is 11.4 Å². The molecular weight excluding hydrogens is 466 g/mol. The Bertz CT molecular complexity index is 1400. The molecule has 0 saturated heterocycles. The smallest absolute Gasteiger partial charge is 0.244 e. The molecule has 4 aromatic carbocycles. The standard InChI is InChI=1S/C31H29NO3S/c1-25-19-21-30(22-20-25)36(34,35)32(26(2)27-13-6-3-7-14-27)24-12-23-31(33,28-15-8-4-9-16-28)29-17-10-5-11-18-29/h3-11,13-22,26,33H,24H2,1-2H3. The van der Waals surface area contributed by atoms with Gasteiger partial charge in [-0.1, -0.05) is 121 Å². The molecular formula is C31H29NO3S. The van der Waals surface area contributed by atoms with Gasteiger partial charge in [-0.05, 0) is 31.5 Å². The van der Waals surface area contributed by atoms with Crippen molar-refractivity contribution >= 4 is 10.0 Å². The number of hydrogen-bond donors (Lipinski definition) is 1. The Kier molecular flexibility index (Phi) is 7.71. The summed E-state index contributed by atoms with van der Waals surface area (Å²) in [5.41, 5.74) is 1.49. The zero-order valence-corrected chi connectivity index (χ0v) is 21.2. The summed E-state index contributed by atoms with van der Waals surface area (Å²) in [6.07, 6.45) is 0. The largest absolute Gasteiger partial charge is 0.369 e. The van der Waals surface area contributed by atoms with Crippen LogP contribution in [0, 0.1) is 18.8 Å². The summed E-state index contributed by atoms with van der Waals surface area (Å²) in [5, 5.41) is 11.7. The molecule has 0 spiro atoms. The number of hydrogen-bond acceptors (Lipinski definition) is 3. The highest BCUT2D eigenvalue weighted by atomic mass is 32.2. The van der Waals surface area contributed by atoms with E-state index in [1.165, 1.54) is 4.31 Å². The van der Waals surface area contributed by atoms with Gasteiger partial charge < -0.3 is 5.11 Å². The second kappa shape index (κ2) is 10.9.